The van der Waals surface area contributed by atoms with Crippen LogP contribution >= 0.6 is 0 Å². The average Bonchev–Trinajstić information content (AvgIpc) is 3.07. The van der Waals surface area contributed by atoms with Crippen molar-refractivity contribution in [3.8, 4) is 0 Å². The molecular weight excluding hydrogens is 212 g/mol. The summed E-state index contributed by atoms with van der Waals surface area (Å²) in [4.78, 5) is 11.9. The number of fused-ring (bicyclic) bond motifs is 1. The summed E-state index contributed by atoms with van der Waals surface area (Å²) in [5.74, 6) is 0.992. The van der Waals surface area contributed by atoms with Crippen molar-refractivity contribution in [2.45, 2.75) is 26.3 Å². The second kappa shape index (κ2) is 4.15. The van der Waals surface area contributed by atoms with Crippen LogP contribution in [0, 0.1) is 11.8 Å². The molecule has 1 aliphatic carbocycles. The predicted molar refractivity (Wildman–Crippen MR) is 67.8 cm³/mol. The molecule has 0 aromatic heterocycles. The molecule has 1 amide bonds. The molecule has 1 saturated carbocycles. The fraction of sp³-hybridized carbons (Fsp3) is 0.500. The SMILES string of the molecule is CC1CC1C(=O)Nc1cccc2c1CNCC2. The van der Waals surface area contributed by atoms with Crippen molar-refractivity contribution in [3.63, 3.8) is 0 Å². The molecule has 3 heteroatoms. The van der Waals surface area contributed by atoms with Gasteiger partial charge in [-0.05, 0) is 42.5 Å². The van der Waals surface area contributed by atoms with Crippen LogP contribution in [0.15, 0.2) is 18.2 Å². The smallest absolute Gasteiger partial charge is 0.227 e. The Morgan fingerprint density at radius 1 is 1.47 bits per heavy atom. The molecule has 2 unspecified atom stereocenters. The Bertz CT molecular complexity index is 456. The second-order valence-electron chi connectivity index (χ2n) is 5.18. The van der Waals surface area contributed by atoms with Gasteiger partial charge in [0.15, 0.2) is 0 Å². The lowest BCUT2D eigenvalue weighted by Crippen LogP contribution is -2.26. The van der Waals surface area contributed by atoms with E-state index in [-0.39, 0.29) is 11.8 Å². The van der Waals surface area contributed by atoms with Crippen molar-refractivity contribution in [3.05, 3.63) is 29.3 Å². The van der Waals surface area contributed by atoms with Gasteiger partial charge in [-0.1, -0.05) is 19.1 Å². The fourth-order valence-electron chi connectivity index (χ4n) is 2.54. The van der Waals surface area contributed by atoms with Crippen LogP contribution < -0.4 is 10.6 Å². The summed E-state index contributed by atoms with van der Waals surface area (Å²) in [5, 5.41) is 6.44. The minimum atomic E-state index is 0.191. The highest BCUT2D eigenvalue weighted by Crippen LogP contribution is 2.38. The van der Waals surface area contributed by atoms with Crippen LogP contribution in [-0.2, 0) is 17.8 Å². The zero-order chi connectivity index (χ0) is 11.8. The van der Waals surface area contributed by atoms with E-state index in [2.05, 4.69) is 23.6 Å². The van der Waals surface area contributed by atoms with Gasteiger partial charge in [0.05, 0.1) is 0 Å². The summed E-state index contributed by atoms with van der Waals surface area (Å²) in [6.45, 7) is 4.03. The van der Waals surface area contributed by atoms with Crippen molar-refractivity contribution < 1.29 is 4.79 Å². The molecule has 0 saturated heterocycles. The summed E-state index contributed by atoms with van der Waals surface area (Å²) in [5.41, 5.74) is 3.63. The largest absolute Gasteiger partial charge is 0.326 e. The number of benzene rings is 1. The van der Waals surface area contributed by atoms with E-state index in [9.17, 15) is 4.79 Å². The molecule has 2 aliphatic rings. The Balaban J connectivity index is 1.80. The number of carbonyl (C=O) groups excluding carboxylic acids is 1. The number of hydrogen-bond acceptors (Lipinski definition) is 2. The van der Waals surface area contributed by atoms with Crippen LogP contribution in [0.1, 0.15) is 24.5 Å². The first kappa shape index (κ1) is 10.8. The molecule has 1 aromatic rings. The van der Waals surface area contributed by atoms with Gasteiger partial charge in [0.25, 0.3) is 0 Å². The quantitative estimate of drug-likeness (QED) is 0.815. The first-order valence-corrected chi connectivity index (χ1v) is 6.38. The molecule has 3 rings (SSSR count). The van der Waals surface area contributed by atoms with Crippen LogP contribution in [0.3, 0.4) is 0 Å². The van der Waals surface area contributed by atoms with Gasteiger partial charge in [0.1, 0.15) is 0 Å². The Labute approximate surface area is 102 Å². The molecule has 17 heavy (non-hydrogen) atoms. The summed E-state index contributed by atoms with van der Waals surface area (Å²) in [6, 6.07) is 6.21. The van der Waals surface area contributed by atoms with E-state index in [4.69, 9.17) is 0 Å². The topological polar surface area (TPSA) is 41.1 Å². The van der Waals surface area contributed by atoms with Gasteiger partial charge in [-0.15, -0.1) is 0 Å². The standard InChI is InChI=1S/C14H18N2O/c1-9-7-11(9)14(17)16-13-4-2-3-10-5-6-15-8-12(10)13/h2-4,9,11,15H,5-8H2,1H3,(H,16,17). The molecule has 2 atom stereocenters. The van der Waals surface area contributed by atoms with E-state index < -0.39 is 0 Å². The molecular formula is C14H18N2O. The molecule has 0 spiro atoms. The number of hydrogen-bond donors (Lipinski definition) is 2. The van der Waals surface area contributed by atoms with Gasteiger partial charge in [-0.3, -0.25) is 4.79 Å². The van der Waals surface area contributed by atoms with Gasteiger partial charge in [-0.25, -0.2) is 0 Å². The summed E-state index contributed by atoms with van der Waals surface area (Å²) in [7, 11) is 0. The third kappa shape index (κ3) is 2.07. The van der Waals surface area contributed by atoms with E-state index in [0.29, 0.717) is 5.92 Å². The molecule has 0 bridgehead atoms. The summed E-state index contributed by atoms with van der Waals surface area (Å²) in [6.07, 6.45) is 2.10. The molecule has 90 valence electrons. The maximum Gasteiger partial charge on any atom is 0.227 e. The van der Waals surface area contributed by atoms with Gasteiger partial charge in [0.2, 0.25) is 5.91 Å². The van der Waals surface area contributed by atoms with Gasteiger partial charge in [0, 0.05) is 18.2 Å². The summed E-state index contributed by atoms with van der Waals surface area (Å²) < 4.78 is 0. The highest BCUT2D eigenvalue weighted by Gasteiger charge is 2.39. The molecule has 1 heterocycles. The lowest BCUT2D eigenvalue weighted by Gasteiger charge is -2.20. The number of anilines is 1. The van der Waals surface area contributed by atoms with Crippen LogP contribution in [0.25, 0.3) is 0 Å². The third-order valence-corrected chi connectivity index (χ3v) is 3.85. The van der Waals surface area contributed by atoms with Crippen LogP contribution in [0.4, 0.5) is 5.69 Å². The molecule has 1 fully saturated rings. The first-order valence-electron chi connectivity index (χ1n) is 6.38. The Morgan fingerprint density at radius 3 is 3.06 bits per heavy atom. The van der Waals surface area contributed by atoms with Crippen molar-refractivity contribution in [1.29, 1.82) is 0 Å². The van der Waals surface area contributed by atoms with E-state index in [1.165, 1.54) is 11.1 Å². The molecule has 1 aliphatic heterocycles. The van der Waals surface area contributed by atoms with E-state index in [0.717, 1.165) is 31.6 Å². The average molecular weight is 230 g/mol. The number of amides is 1. The van der Waals surface area contributed by atoms with Crippen molar-refractivity contribution >= 4 is 11.6 Å². The molecule has 3 nitrogen and oxygen atoms in total. The third-order valence-electron chi connectivity index (χ3n) is 3.85. The van der Waals surface area contributed by atoms with Crippen molar-refractivity contribution in [1.82, 2.24) is 5.32 Å². The van der Waals surface area contributed by atoms with Crippen LogP contribution in [-0.4, -0.2) is 12.5 Å². The Morgan fingerprint density at radius 2 is 2.29 bits per heavy atom. The molecule has 2 N–H and O–H groups in total. The predicted octanol–water partition coefficient (Wildman–Crippen LogP) is 1.93. The van der Waals surface area contributed by atoms with Gasteiger partial charge in [-0.2, -0.15) is 0 Å². The number of nitrogens with one attached hydrogen (secondary N) is 2. The van der Waals surface area contributed by atoms with Crippen LogP contribution in [0.5, 0.6) is 0 Å². The minimum absolute atomic E-state index is 0.191. The monoisotopic (exact) mass is 230 g/mol. The normalized spacial score (nSPS) is 26.2. The lowest BCUT2D eigenvalue weighted by molar-refractivity contribution is -0.117. The van der Waals surface area contributed by atoms with E-state index >= 15 is 0 Å². The zero-order valence-electron chi connectivity index (χ0n) is 10.1. The van der Waals surface area contributed by atoms with Gasteiger partial charge >= 0.3 is 0 Å². The van der Waals surface area contributed by atoms with Crippen molar-refractivity contribution in [2.24, 2.45) is 11.8 Å². The van der Waals surface area contributed by atoms with Crippen LogP contribution in [0.2, 0.25) is 0 Å². The Kier molecular flexibility index (Phi) is 2.63. The van der Waals surface area contributed by atoms with Crippen molar-refractivity contribution in [2.75, 3.05) is 11.9 Å². The number of carbonyl (C=O) groups is 1. The maximum atomic E-state index is 11.9. The van der Waals surface area contributed by atoms with E-state index in [1.54, 1.807) is 0 Å². The molecule has 1 aromatic carbocycles. The maximum absolute atomic E-state index is 11.9. The first-order chi connectivity index (χ1) is 8.25. The van der Waals surface area contributed by atoms with Gasteiger partial charge < -0.3 is 10.6 Å². The molecule has 0 radical (unpaired) electrons. The second-order valence-corrected chi connectivity index (χ2v) is 5.18. The number of rotatable bonds is 2. The highest BCUT2D eigenvalue weighted by atomic mass is 16.2. The highest BCUT2D eigenvalue weighted by molar-refractivity contribution is 5.95. The fourth-order valence-corrected chi connectivity index (χ4v) is 2.54. The lowest BCUT2D eigenvalue weighted by atomic mass is 9.99. The minimum Gasteiger partial charge on any atom is -0.326 e. The summed E-state index contributed by atoms with van der Waals surface area (Å²) >= 11 is 0. The Hall–Kier alpha value is -1.35. The zero-order valence-corrected chi connectivity index (χ0v) is 10.1. The van der Waals surface area contributed by atoms with E-state index in [1.807, 2.05) is 12.1 Å².